The Balaban J connectivity index is -0.00000170. The molecule has 0 aromatic rings. The summed E-state index contributed by atoms with van der Waals surface area (Å²) in [7, 11) is 0. The Hall–Kier alpha value is -1.92. The lowest BCUT2D eigenvalue weighted by Gasteiger charge is -2.06. The van der Waals surface area contributed by atoms with Gasteiger partial charge >= 0.3 is 23.9 Å². The average molecular weight is 1680 g/mol. The van der Waals surface area contributed by atoms with Gasteiger partial charge in [0.1, 0.15) is 0 Å². The highest BCUT2D eigenvalue weighted by Crippen LogP contribution is 2.23. The highest BCUT2D eigenvalue weighted by Gasteiger charge is 2.12. The van der Waals surface area contributed by atoms with Crippen molar-refractivity contribution in [3.8, 4) is 0 Å². The Morgan fingerprint density at radius 3 is 0.328 bits per heavy atom. The molecule has 0 spiro atoms. The topological polar surface area (TPSA) is 96.0 Å². The molecule has 0 bridgehead atoms. The molecule has 0 saturated carbocycles. The molecule has 7 heteroatoms. The van der Waals surface area contributed by atoms with Gasteiger partial charge in [0.15, 0.2) is 0 Å². The van der Waals surface area contributed by atoms with E-state index in [0.29, 0.717) is 38.9 Å². The molecule has 0 saturated heterocycles. The van der Waals surface area contributed by atoms with Crippen LogP contribution in [0, 0.1) is 0 Å². The maximum atomic E-state index is 12.0. The van der Waals surface area contributed by atoms with E-state index < -0.39 is 0 Å². The zero-order valence-electron chi connectivity index (χ0n) is 83.0. The lowest BCUT2D eigenvalue weighted by molar-refractivity contribution is -0.160. The number of carbonyl (C=O) groups excluding carboxylic acids is 4. The Labute approximate surface area is 749 Å². The van der Waals surface area contributed by atoms with Crippen molar-refractivity contribution >= 4 is 23.9 Å². The second-order valence-electron chi connectivity index (χ2n) is 38.1. The van der Waals surface area contributed by atoms with Crippen molar-refractivity contribution in [3.05, 3.63) is 0 Å². The first kappa shape index (κ1) is 121. The summed E-state index contributed by atoms with van der Waals surface area (Å²) >= 11 is 0. The highest BCUT2D eigenvalue weighted by molar-refractivity contribution is 5.85. The van der Waals surface area contributed by atoms with Crippen molar-refractivity contribution in [1.82, 2.24) is 0 Å². The Kier molecular flexibility index (Phi) is 118. The van der Waals surface area contributed by atoms with Gasteiger partial charge in [0.2, 0.25) is 0 Å². The quantitative estimate of drug-likeness (QED) is 0.0259. The maximum Gasteiger partial charge on any atom is 0.313 e. The number of rotatable bonds is 102. The Morgan fingerprint density at radius 1 is 0.118 bits per heavy atom. The van der Waals surface area contributed by atoms with Crippen LogP contribution in [0.2, 0.25) is 0 Å². The van der Waals surface area contributed by atoms with E-state index >= 15 is 0 Å². The summed E-state index contributed by atoms with van der Waals surface area (Å²) in [4.78, 5) is 47.7. The number of hydrogen-bond acceptors (Lipinski definition) is 7. The molecule has 0 amide bonds. The first-order chi connectivity index (χ1) is 58.8. The van der Waals surface area contributed by atoms with Gasteiger partial charge in [0.25, 0.3) is 0 Å². The Bertz CT molecular complexity index is 1830. The van der Waals surface area contributed by atoms with E-state index in [2.05, 4.69) is 41.5 Å². The largest absolute Gasteiger partial charge is 0.466 e. The minimum Gasteiger partial charge on any atom is -0.466 e. The molecule has 0 aromatic carbocycles. The summed E-state index contributed by atoms with van der Waals surface area (Å²) in [5.74, 6) is -0.588. The molecular weight excluding hydrogens is 1460 g/mol. The van der Waals surface area contributed by atoms with Crippen molar-refractivity contribution in [3.63, 3.8) is 0 Å². The summed E-state index contributed by atoms with van der Waals surface area (Å²) in [5.41, 5.74) is 0. The summed E-state index contributed by atoms with van der Waals surface area (Å²) in [5, 5.41) is 0. The third kappa shape index (κ3) is 120. The molecule has 0 aromatic heterocycles. The van der Waals surface area contributed by atoms with Crippen LogP contribution in [0.15, 0.2) is 0 Å². The van der Waals surface area contributed by atoms with Gasteiger partial charge in [-0.15, -0.1) is 0 Å². The van der Waals surface area contributed by atoms with Crippen LogP contribution >= 0.6 is 0 Å². The van der Waals surface area contributed by atoms with Crippen LogP contribution < -0.4 is 0 Å². The molecule has 0 aliphatic heterocycles. The summed E-state index contributed by atoms with van der Waals surface area (Å²) in [6, 6.07) is 0. The molecule has 7 nitrogen and oxygen atoms in total. The fraction of sp³-hybridized carbons (Fsp3) is 0.964. The van der Waals surface area contributed by atoms with Gasteiger partial charge in [-0.05, 0) is 38.5 Å². The average Bonchev–Trinajstić information content (AvgIpc) is 0.995. The molecule has 119 heavy (non-hydrogen) atoms. The van der Waals surface area contributed by atoms with E-state index in [-0.39, 0.29) is 23.9 Å². The number of unbranched alkanes of at least 4 members (excludes halogenated alkanes) is 90. The Morgan fingerprint density at radius 2 is 0.210 bits per heavy atom. The third-order valence-corrected chi connectivity index (χ3v) is 25.7. The zero-order chi connectivity index (χ0) is 86.6. The smallest absolute Gasteiger partial charge is 0.313 e. The molecule has 0 rings (SSSR count). The molecule has 0 aliphatic rings. The van der Waals surface area contributed by atoms with Crippen molar-refractivity contribution in [2.24, 2.45) is 0 Å². The molecule has 0 aliphatic carbocycles. The van der Waals surface area contributed by atoms with Gasteiger partial charge in [-0.25, -0.2) is 0 Å². The first-order valence-corrected chi connectivity index (χ1v) is 55.9. The van der Waals surface area contributed by atoms with Crippen molar-refractivity contribution in [2.75, 3.05) is 13.2 Å². The highest BCUT2D eigenvalue weighted by atomic mass is 16.6. The van der Waals surface area contributed by atoms with Crippen molar-refractivity contribution in [1.29, 1.82) is 0 Å². The number of ether oxygens (including phenoxy) is 3. The van der Waals surface area contributed by atoms with Crippen molar-refractivity contribution in [2.45, 2.75) is 684 Å². The standard InChI is InChI=1S/C39H78O2.C37H74O2.C36H70O3/c1-3-5-7-9-11-13-15-17-19-21-23-25-27-29-31-33-35-37-39(40)41-38-36-34-32-30-28-26-24-22-20-18-16-14-12-10-8-6-4-2;1-3-5-7-9-11-13-15-17-19-20-21-23-25-27-29-31-33-35-37(38)39-36-34-32-30-28-26-24-22-18-16-14-12-10-8-6-4-2;1-3-5-7-9-11-13-15-17-18-19-20-22-24-26-28-30-32-34-36(38)39-35(37)33-31-29-27-25-23-21-16-14-12-10-8-6-4-2/h3-38H2,1-2H3;3-36H2,1-2H3;3-34H2,1-2H3. The lowest BCUT2D eigenvalue weighted by atomic mass is 10.0. The van der Waals surface area contributed by atoms with E-state index in [1.165, 1.54) is 565 Å². The number of hydrogen-bond donors (Lipinski definition) is 0. The van der Waals surface area contributed by atoms with Crippen LogP contribution in [0.3, 0.4) is 0 Å². The summed E-state index contributed by atoms with van der Waals surface area (Å²) in [6.07, 6.45) is 132. The van der Waals surface area contributed by atoms with Gasteiger partial charge in [-0.3, -0.25) is 19.2 Å². The first-order valence-electron chi connectivity index (χ1n) is 55.9. The summed E-state index contributed by atoms with van der Waals surface area (Å²) < 4.78 is 15.9. The molecule has 0 atom stereocenters. The van der Waals surface area contributed by atoms with Crippen LogP contribution in [-0.2, 0) is 33.4 Å². The minimum atomic E-state index is -0.324. The molecule has 0 radical (unpaired) electrons. The van der Waals surface area contributed by atoms with E-state index in [4.69, 9.17) is 14.2 Å². The maximum absolute atomic E-state index is 12.0. The zero-order valence-corrected chi connectivity index (χ0v) is 83.0. The van der Waals surface area contributed by atoms with E-state index in [9.17, 15) is 19.2 Å². The molecule has 712 valence electrons. The lowest BCUT2D eigenvalue weighted by Crippen LogP contribution is -2.11. The SMILES string of the molecule is CCCCCCCCCCCCCCCCCCCC(=O)OC(=O)CCCCCCCCCCCCCCC.CCCCCCCCCCCCCCCCCCCC(=O)OCCCCCCCCCCCCCCCCC.CCCCCCCCCCCCCCCCCCCOC(=O)CCCCCCCCCCCCCCCCCCC. The predicted octanol–water partition coefficient (Wildman–Crippen LogP) is 40.2. The second kappa shape index (κ2) is 116. The van der Waals surface area contributed by atoms with Gasteiger partial charge < -0.3 is 14.2 Å². The van der Waals surface area contributed by atoms with E-state index in [1.807, 2.05) is 0 Å². The fourth-order valence-electron chi connectivity index (χ4n) is 17.3. The fourth-order valence-corrected chi connectivity index (χ4v) is 17.3. The van der Waals surface area contributed by atoms with Crippen molar-refractivity contribution < 1.29 is 33.4 Å². The third-order valence-electron chi connectivity index (χ3n) is 25.7. The second-order valence-corrected chi connectivity index (χ2v) is 38.1. The predicted molar refractivity (Wildman–Crippen MR) is 529 cm³/mol. The van der Waals surface area contributed by atoms with Crippen LogP contribution in [0.5, 0.6) is 0 Å². The normalized spacial score (nSPS) is 11.3. The number of carbonyl (C=O) groups is 4. The minimum absolute atomic E-state index is 0.0290. The van der Waals surface area contributed by atoms with Crippen LogP contribution in [0.25, 0.3) is 0 Å². The van der Waals surface area contributed by atoms with Gasteiger partial charge in [0.05, 0.1) is 13.2 Å². The van der Waals surface area contributed by atoms with Gasteiger partial charge in [-0.2, -0.15) is 0 Å². The monoisotopic (exact) mass is 1680 g/mol. The molecular formula is C112H222O7. The van der Waals surface area contributed by atoms with E-state index in [1.54, 1.807) is 0 Å². The van der Waals surface area contributed by atoms with Crippen LogP contribution in [-0.4, -0.2) is 37.1 Å². The van der Waals surface area contributed by atoms with E-state index in [0.717, 1.165) is 51.4 Å². The molecule has 0 unspecified atom stereocenters. The number of esters is 4. The molecule has 0 N–H and O–H groups in total. The molecule has 0 fully saturated rings. The van der Waals surface area contributed by atoms with Gasteiger partial charge in [0, 0.05) is 25.7 Å². The van der Waals surface area contributed by atoms with Crippen LogP contribution in [0.1, 0.15) is 684 Å². The summed E-state index contributed by atoms with van der Waals surface area (Å²) in [6.45, 7) is 15.0. The van der Waals surface area contributed by atoms with Gasteiger partial charge in [-0.1, -0.05) is 619 Å². The molecule has 0 heterocycles. The van der Waals surface area contributed by atoms with Crippen LogP contribution in [0.4, 0.5) is 0 Å².